The van der Waals surface area contributed by atoms with Crippen molar-refractivity contribution in [3.8, 4) is 0 Å². The van der Waals surface area contributed by atoms with E-state index in [0.29, 0.717) is 0 Å². The van der Waals surface area contributed by atoms with Crippen LogP contribution in [0.1, 0.15) is 0 Å². The Labute approximate surface area is 48.9 Å². The van der Waals surface area contributed by atoms with E-state index in [4.69, 9.17) is 10.2 Å². The average Bonchev–Trinajstić information content (AvgIpc) is 1.84. The molecule has 0 saturated carbocycles. The van der Waals surface area contributed by atoms with Gasteiger partial charge in [0.1, 0.15) is 11.7 Å². The second kappa shape index (κ2) is 4.28. The molecule has 2 N–H and O–H groups in total. The van der Waals surface area contributed by atoms with Crippen molar-refractivity contribution in [2.75, 3.05) is 0 Å². The summed E-state index contributed by atoms with van der Waals surface area (Å²) in [5.41, 5.74) is 0. The Morgan fingerprint density at radius 3 is 1.38 bits per heavy atom. The highest BCUT2D eigenvalue weighted by atomic mass is 31.1. The van der Waals surface area contributed by atoms with E-state index in [-0.39, 0.29) is 0 Å². The average molecular weight is 158 g/mol. The van der Waals surface area contributed by atoms with Crippen LogP contribution in [-0.4, -0.2) is 21.9 Å². The van der Waals surface area contributed by atoms with Gasteiger partial charge in [-0.3, -0.25) is 0 Å². The molecule has 0 amide bonds. The number of aliphatic hydroxyl groups excluding tert-OH is 2. The molecule has 0 aromatic carbocycles. The molecule has 0 fully saturated rings. The van der Waals surface area contributed by atoms with Gasteiger partial charge in [-0.15, -0.1) is 0 Å². The van der Waals surface area contributed by atoms with E-state index in [2.05, 4.69) is 0 Å². The van der Waals surface area contributed by atoms with Crippen LogP contribution in [0.2, 0.25) is 0 Å². The zero-order chi connectivity index (χ0) is 6.57. The molecule has 0 saturated heterocycles. The molecule has 0 rings (SSSR count). The molecule has 0 aliphatic rings. The van der Waals surface area contributed by atoms with Gasteiger partial charge in [-0.1, -0.05) is 0 Å². The maximum Gasteiger partial charge on any atom is 0.134 e. The predicted molar refractivity (Wildman–Crippen MR) is 32.8 cm³/mol. The maximum atomic E-state index is 9.78. The molecule has 0 heterocycles. The Bertz CT molecular complexity index is 82.0. The van der Waals surface area contributed by atoms with E-state index in [1.54, 1.807) is 0 Å². The number of hydrogen-bond donors (Lipinski definition) is 2. The quantitative estimate of drug-likeness (QED) is 0.524. The maximum absolute atomic E-state index is 9.78. The number of rotatable bonds is 3. The summed E-state index contributed by atoms with van der Waals surface area (Å²) in [4.78, 5) is 0. The van der Waals surface area contributed by atoms with Gasteiger partial charge < -0.3 is 19.3 Å². The van der Waals surface area contributed by atoms with Crippen LogP contribution in [0.5, 0.6) is 0 Å². The van der Waals surface area contributed by atoms with Gasteiger partial charge in [0.2, 0.25) is 0 Å². The topological polar surface area (TPSA) is 74.6 Å². The minimum absolute atomic E-state index is 1.28. The summed E-state index contributed by atoms with van der Waals surface area (Å²) in [6.07, 6.45) is 0. The number of aliphatic hydroxyl groups is 2. The van der Waals surface area contributed by atoms with Crippen molar-refractivity contribution in [2.24, 2.45) is 0 Å². The first-order chi connectivity index (χ1) is 3.72. The second-order valence-electron chi connectivity index (χ2n) is 1.25. The highest BCUT2D eigenvalue weighted by Gasteiger charge is 2.10. The van der Waals surface area contributed by atoms with Gasteiger partial charge in [0.25, 0.3) is 0 Å². The molecule has 0 aliphatic heterocycles. The smallest absolute Gasteiger partial charge is 0.134 e. The van der Waals surface area contributed by atoms with Crippen molar-refractivity contribution in [3.05, 3.63) is 0 Å². The minimum Gasteiger partial charge on any atom is -0.383 e. The lowest BCUT2D eigenvalue weighted by Crippen LogP contribution is -2.12. The Balaban J connectivity index is 3.60. The predicted octanol–water partition coefficient (Wildman–Crippen LogP) is -0.864. The molecule has 0 aliphatic carbocycles. The Kier molecular flexibility index (Phi) is 4.48. The lowest BCUT2D eigenvalue weighted by Gasteiger charge is -2.02. The van der Waals surface area contributed by atoms with Gasteiger partial charge in [0.15, 0.2) is 0 Å². The SMILES string of the molecule is O=[PH2]C(O)C(O)[PH2]=O. The molecule has 4 unspecified atom stereocenters. The zero-order valence-corrected chi connectivity index (χ0v) is 6.33. The second-order valence-corrected chi connectivity index (χ2v) is 3.16. The lowest BCUT2D eigenvalue weighted by atomic mass is 10.8. The molecule has 6 heteroatoms. The summed E-state index contributed by atoms with van der Waals surface area (Å²) in [5, 5.41) is 16.8. The molecular weight excluding hydrogens is 150 g/mol. The Morgan fingerprint density at radius 2 is 1.25 bits per heavy atom. The van der Waals surface area contributed by atoms with Crippen LogP contribution in [0.4, 0.5) is 0 Å². The first-order valence-corrected chi connectivity index (χ1v) is 4.26. The normalized spacial score (nSPS) is 20.8. The Hall–Kier alpha value is 0.380. The van der Waals surface area contributed by atoms with Crippen molar-refractivity contribution in [1.29, 1.82) is 0 Å². The van der Waals surface area contributed by atoms with Crippen molar-refractivity contribution < 1.29 is 19.3 Å². The largest absolute Gasteiger partial charge is 0.383 e. The monoisotopic (exact) mass is 158 g/mol. The summed E-state index contributed by atoms with van der Waals surface area (Å²) in [6.45, 7) is 0. The van der Waals surface area contributed by atoms with E-state index in [9.17, 15) is 9.13 Å². The molecule has 50 valence electrons. The van der Waals surface area contributed by atoms with E-state index in [1.807, 2.05) is 0 Å². The highest BCUT2D eigenvalue weighted by molar-refractivity contribution is 7.29. The fourth-order valence-electron chi connectivity index (χ4n) is 0.161. The van der Waals surface area contributed by atoms with Gasteiger partial charge in [-0.25, -0.2) is 0 Å². The molecule has 8 heavy (non-hydrogen) atoms. The molecular formula is C2H8O4P2. The van der Waals surface area contributed by atoms with Crippen molar-refractivity contribution in [2.45, 2.75) is 11.7 Å². The molecule has 0 bridgehead atoms. The third-order valence-corrected chi connectivity index (χ3v) is 2.42. The molecule has 4 atom stereocenters. The van der Waals surface area contributed by atoms with Crippen LogP contribution < -0.4 is 0 Å². The van der Waals surface area contributed by atoms with Crippen LogP contribution in [-0.2, 0) is 9.13 Å². The summed E-state index contributed by atoms with van der Waals surface area (Å²) in [6, 6.07) is 0. The van der Waals surface area contributed by atoms with Crippen molar-refractivity contribution in [1.82, 2.24) is 0 Å². The zero-order valence-electron chi connectivity index (χ0n) is 4.02. The lowest BCUT2D eigenvalue weighted by molar-refractivity contribution is 0.127. The first kappa shape index (κ1) is 8.38. The van der Waals surface area contributed by atoms with Crippen molar-refractivity contribution in [3.63, 3.8) is 0 Å². The van der Waals surface area contributed by atoms with Crippen LogP contribution in [0.3, 0.4) is 0 Å². The van der Waals surface area contributed by atoms with Crippen LogP contribution >= 0.6 is 16.9 Å². The van der Waals surface area contributed by atoms with Crippen LogP contribution in [0, 0.1) is 0 Å². The van der Waals surface area contributed by atoms with E-state index in [0.717, 1.165) is 0 Å². The van der Waals surface area contributed by atoms with Gasteiger partial charge in [0, 0.05) is 0 Å². The Morgan fingerprint density at radius 1 is 1.00 bits per heavy atom. The molecule has 0 radical (unpaired) electrons. The van der Waals surface area contributed by atoms with E-state index in [1.165, 1.54) is 0 Å². The minimum atomic E-state index is -1.42. The summed E-state index contributed by atoms with van der Waals surface area (Å²) in [7, 11) is -2.85. The highest BCUT2D eigenvalue weighted by Crippen LogP contribution is 2.15. The number of hydrogen-bond acceptors (Lipinski definition) is 4. The molecule has 0 aromatic heterocycles. The van der Waals surface area contributed by atoms with Gasteiger partial charge >= 0.3 is 0 Å². The van der Waals surface area contributed by atoms with Gasteiger partial charge in [-0.2, -0.15) is 0 Å². The fourth-order valence-corrected chi connectivity index (χ4v) is 1.03. The van der Waals surface area contributed by atoms with Crippen LogP contribution in [0.25, 0.3) is 0 Å². The molecule has 4 nitrogen and oxygen atoms in total. The van der Waals surface area contributed by atoms with E-state index >= 15 is 0 Å². The summed E-state index contributed by atoms with van der Waals surface area (Å²) >= 11 is 0. The summed E-state index contributed by atoms with van der Waals surface area (Å²) < 4.78 is 19.6. The first-order valence-electron chi connectivity index (χ1n) is 1.99. The third-order valence-electron chi connectivity index (χ3n) is 0.629. The van der Waals surface area contributed by atoms with E-state index < -0.39 is 28.6 Å². The van der Waals surface area contributed by atoms with Crippen molar-refractivity contribution >= 4 is 16.9 Å². The van der Waals surface area contributed by atoms with Crippen LogP contribution in [0.15, 0.2) is 0 Å². The molecule has 0 aromatic rings. The van der Waals surface area contributed by atoms with Gasteiger partial charge in [0.05, 0.1) is 16.9 Å². The fraction of sp³-hybridized carbons (Fsp3) is 1.00. The standard InChI is InChI=1S/C2H8O4P2/c3-1(7-5)2(4)8-6/h1-4H,7-8H2. The summed E-state index contributed by atoms with van der Waals surface area (Å²) in [5.74, 6) is -2.55. The third kappa shape index (κ3) is 2.63. The van der Waals surface area contributed by atoms with Gasteiger partial charge in [-0.05, 0) is 0 Å². The molecule has 0 spiro atoms.